The second-order valence-electron chi connectivity index (χ2n) is 4.65. The van der Waals surface area contributed by atoms with Crippen molar-refractivity contribution in [1.82, 2.24) is 10.6 Å². The van der Waals surface area contributed by atoms with Crippen molar-refractivity contribution in [2.45, 2.75) is 38.3 Å². The number of hydrogen-bond acceptors (Lipinski definition) is 3. The molecule has 2 heterocycles. The molecule has 4 heteroatoms. The van der Waals surface area contributed by atoms with Gasteiger partial charge in [0.05, 0.1) is 0 Å². The molecule has 2 rings (SSSR count). The highest BCUT2D eigenvalue weighted by molar-refractivity contribution is 7.99. The standard InChI is InChI=1S/C11H20N2OS/c1-8-6-9(2-4-12-8)11(14)13-10-3-5-15-7-10/h8-10,12H,2-7H2,1H3,(H,13,14). The Labute approximate surface area is 95.8 Å². The molecule has 15 heavy (non-hydrogen) atoms. The van der Waals surface area contributed by atoms with E-state index in [2.05, 4.69) is 17.6 Å². The summed E-state index contributed by atoms with van der Waals surface area (Å²) in [5.74, 6) is 2.84. The molecule has 0 aromatic heterocycles. The average Bonchev–Trinajstić information content (AvgIpc) is 2.70. The highest BCUT2D eigenvalue weighted by Crippen LogP contribution is 2.20. The molecule has 2 aliphatic heterocycles. The molecule has 0 bridgehead atoms. The molecule has 1 amide bonds. The quantitative estimate of drug-likeness (QED) is 0.741. The van der Waals surface area contributed by atoms with E-state index in [1.807, 2.05) is 11.8 Å². The van der Waals surface area contributed by atoms with Gasteiger partial charge in [0.1, 0.15) is 0 Å². The lowest BCUT2D eigenvalue weighted by molar-refractivity contribution is -0.126. The van der Waals surface area contributed by atoms with Gasteiger partial charge in [-0.15, -0.1) is 0 Å². The maximum atomic E-state index is 12.0. The SMILES string of the molecule is CC1CC(C(=O)NC2CCSC2)CCN1. The summed E-state index contributed by atoms with van der Waals surface area (Å²) in [5, 5.41) is 6.56. The summed E-state index contributed by atoms with van der Waals surface area (Å²) in [6, 6.07) is 0.931. The van der Waals surface area contributed by atoms with Crippen LogP contribution in [0.5, 0.6) is 0 Å². The first kappa shape index (κ1) is 11.3. The Bertz CT molecular complexity index is 229. The summed E-state index contributed by atoms with van der Waals surface area (Å²) >= 11 is 1.94. The number of hydrogen-bond donors (Lipinski definition) is 2. The zero-order valence-electron chi connectivity index (χ0n) is 9.29. The molecule has 3 unspecified atom stereocenters. The fraction of sp³-hybridized carbons (Fsp3) is 0.909. The summed E-state index contributed by atoms with van der Waals surface area (Å²) in [7, 11) is 0. The predicted molar refractivity (Wildman–Crippen MR) is 64.1 cm³/mol. The van der Waals surface area contributed by atoms with E-state index in [0.29, 0.717) is 12.1 Å². The maximum absolute atomic E-state index is 12.0. The summed E-state index contributed by atoms with van der Waals surface area (Å²) in [6.07, 6.45) is 3.14. The number of piperidine rings is 1. The molecule has 0 aromatic carbocycles. The van der Waals surface area contributed by atoms with Crippen molar-refractivity contribution in [3.8, 4) is 0 Å². The summed E-state index contributed by atoms with van der Waals surface area (Å²) in [6.45, 7) is 3.14. The molecule has 0 saturated carbocycles. The van der Waals surface area contributed by atoms with Crippen LogP contribution in [-0.2, 0) is 4.79 Å². The molecule has 86 valence electrons. The van der Waals surface area contributed by atoms with Crippen LogP contribution in [-0.4, -0.2) is 36.0 Å². The molecule has 2 saturated heterocycles. The van der Waals surface area contributed by atoms with Crippen molar-refractivity contribution in [2.75, 3.05) is 18.1 Å². The van der Waals surface area contributed by atoms with E-state index in [9.17, 15) is 4.79 Å². The number of amides is 1. The van der Waals surface area contributed by atoms with E-state index < -0.39 is 0 Å². The number of nitrogens with one attached hydrogen (secondary N) is 2. The molecule has 2 N–H and O–H groups in total. The van der Waals surface area contributed by atoms with E-state index in [-0.39, 0.29) is 11.8 Å². The van der Waals surface area contributed by atoms with Crippen molar-refractivity contribution in [3.05, 3.63) is 0 Å². The monoisotopic (exact) mass is 228 g/mol. The van der Waals surface area contributed by atoms with Crippen molar-refractivity contribution >= 4 is 17.7 Å². The zero-order chi connectivity index (χ0) is 10.7. The second-order valence-corrected chi connectivity index (χ2v) is 5.80. The van der Waals surface area contributed by atoms with Crippen molar-refractivity contribution in [1.29, 1.82) is 0 Å². The van der Waals surface area contributed by atoms with Gasteiger partial charge in [-0.3, -0.25) is 4.79 Å². The summed E-state index contributed by atoms with van der Waals surface area (Å²) in [4.78, 5) is 12.0. The number of rotatable bonds is 2. The molecular formula is C11H20N2OS. The van der Waals surface area contributed by atoms with Crippen molar-refractivity contribution in [3.63, 3.8) is 0 Å². The van der Waals surface area contributed by atoms with E-state index in [1.54, 1.807) is 0 Å². The second kappa shape index (κ2) is 5.21. The highest BCUT2D eigenvalue weighted by Gasteiger charge is 2.27. The van der Waals surface area contributed by atoms with Crippen LogP contribution < -0.4 is 10.6 Å². The van der Waals surface area contributed by atoms with Gasteiger partial charge in [-0.2, -0.15) is 11.8 Å². The van der Waals surface area contributed by atoms with Crippen LogP contribution in [0.15, 0.2) is 0 Å². The fourth-order valence-electron chi connectivity index (χ4n) is 2.34. The fourth-order valence-corrected chi connectivity index (χ4v) is 3.49. The average molecular weight is 228 g/mol. The van der Waals surface area contributed by atoms with Crippen molar-refractivity contribution in [2.24, 2.45) is 5.92 Å². The Morgan fingerprint density at radius 1 is 1.47 bits per heavy atom. The predicted octanol–water partition coefficient (Wildman–Crippen LogP) is 0.996. The van der Waals surface area contributed by atoms with Gasteiger partial charge in [0.2, 0.25) is 5.91 Å². The minimum atomic E-state index is 0.242. The van der Waals surface area contributed by atoms with Gasteiger partial charge in [0.25, 0.3) is 0 Å². The van der Waals surface area contributed by atoms with Crippen LogP contribution in [0.4, 0.5) is 0 Å². The van der Waals surface area contributed by atoms with Gasteiger partial charge in [0.15, 0.2) is 0 Å². The lowest BCUT2D eigenvalue weighted by Gasteiger charge is -2.28. The largest absolute Gasteiger partial charge is 0.352 e. The van der Waals surface area contributed by atoms with Crippen molar-refractivity contribution < 1.29 is 4.79 Å². The minimum absolute atomic E-state index is 0.242. The lowest BCUT2D eigenvalue weighted by Crippen LogP contribution is -2.45. The topological polar surface area (TPSA) is 41.1 Å². The Kier molecular flexibility index (Phi) is 3.92. The molecule has 0 aliphatic carbocycles. The van der Waals surface area contributed by atoms with Gasteiger partial charge < -0.3 is 10.6 Å². The molecule has 0 aromatic rings. The van der Waals surface area contributed by atoms with Gasteiger partial charge in [-0.25, -0.2) is 0 Å². The maximum Gasteiger partial charge on any atom is 0.223 e. The molecule has 0 radical (unpaired) electrons. The van der Waals surface area contributed by atoms with Crippen LogP contribution in [0.3, 0.4) is 0 Å². The van der Waals surface area contributed by atoms with Gasteiger partial charge in [-0.05, 0) is 38.5 Å². The Balaban J connectivity index is 1.78. The van der Waals surface area contributed by atoms with Gasteiger partial charge >= 0.3 is 0 Å². The number of carbonyl (C=O) groups excluding carboxylic acids is 1. The molecule has 3 nitrogen and oxygen atoms in total. The summed E-state index contributed by atoms with van der Waals surface area (Å²) in [5.41, 5.74) is 0. The molecule has 2 fully saturated rings. The normalized spacial score (nSPS) is 36.5. The smallest absolute Gasteiger partial charge is 0.223 e. The van der Waals surface area contributed by atoms with Crippen LogP contribution in [0, 0.1) is 5.92 Å². The highest BCUT2D eigenvalue weighted by atomic mass is 32.2. The first-order valence-electron chi connectivity index (χ1n) is 5.87. The van der Waals surface area contributed by atoms with E-state index in [1.165, 1.54) is 5.75 Å². The molecule has 2 aliphatic rings. The first-order valence-corrected chi connectivity index (χ1v) is 7.02. The van der Waals surface area contributed by atoms with E-state index in [0.717, 1.165) is 31.6 Å². The molecular weight excluding hydrogens is 208 g/mol. The first-order chi connectivity index (χ1) is 7.25. The van der Waals surface area contributed by atoms with E-state index in [4.69, 9.17) is 0 Å². The zero-order valence-corrected chi connectivity index (χ0v) is 10.1. The minimum Gasteiger partial charge on any atom is -0.352 e. The van der Waals surface area contributed by atoms with Crippen LogP contribution in [0.2, 0.25) is 0 Å². The van der Waals surface area contributed by atoms with Crippen LogP contribution in [0.1, 0.15) is 26.2 Å². The number of thioether (sulfide) groups is 1. The number of carbonyl (C=O) groups is 1. The Hall–Kier alpha value is -0.220. The van der Waals surface area contributed by atoms with Gasteiger partial charge in [0, 0.05) is 23.8 Å². The van der Waals surface area contributed by atoms with E-state index >= 15 is 0 Å². The molecule has 0 spiro atoms. The third-order valence-corrected chi connectivity index (χ3v) is 4.43. The molecule has 3 atom stereocenters. The Morgan fingerprint density at radius 2 is 2.33 bits per heavy atom. The van der Waals surface area contributed by atoms with Crippen LogP contribution >= 0.6 is 11.8 Å². The summed E-state index contributed by atoms with van der Waals surface area (Å²) < 4.78 is 0. The van der Waals surface area contributed by atoms with Gasteiger partial charge in [-0.1, -0.05) is 0 Å². The third kappa shape index (κ3) is 3.11. The lowest BCUT2D eigenvalue weighted by atomic mass is 9.92. The Morgan fingerprint density at radius 3 is 3.00 bits per heavy atom. The third-order valence-electron chi connectivity index (χ3n) is 3.27. The van der Waals surface area contributed by atoms with Crippen LogP contribution in [0.25, 0.3) is 0 Å².